The van der Waals surface area contributed by atoms with E-state index in [1.807, 2.05) is 78.9 Å². The summed E-state index contributed by atoms with van der Waals surface area (Å²) >= 11 is 0. The Morgan fingerprint density at radius 1 is 0.315 bits per heavy atom. The van der Waals surface area contributed by atoms with Crippen molar-refractivity contribution in [3.05, 3.63) is 176 Å². The fourth-order valence-corrected chi connectivity index (χ4v) is 7.62. The molecule has 0 unspecified atom stereocenters. The lowest BCUT2D eigenvalue weighted by atomic mass is 10.0. The maximum absolute atomic E-state index is 5.32. The number of nitrogens with zero attached hydrogens (tertiary/aromatic N) is 7. The van der Waals surface area contributed by atoms with Gasteiger partial charge in [-0.25, -0.2) is 24.9 Å². The van der Waals surface area contributed by atoms with E-state index in [4.69, 9.17) is 24.9 Å². The molecule has 54 heavy (non-hydrogen) atoms. The van der Waals surface area contributed by atoms with Crippen molar-refractivity contribution in [3.8, 4) is 51.2 Å². The molecule has 0 saturated carbocycles. The number of para-hydroxylation sites is 4. The van der Waals surface area contributed by atoms with Crippen molar-refractivity contribution in [1.82, 2.24) is 33.9 Å². The molecule has 0 aliphatic rings. The van der Waals surface area contributed by atoms with Gasteiger partial charge in [0.05, 0.1) is 27.6 Å². The van der Waals surface area contributed by atoms with Crippen LogP contribution in [0, 0.1) is 0 Å². The molecule has 0 bridgehead atoms. The Morgan fingerprint density at radius 3 is 1.59 bits per heavy atom. The van der Waals surface area contributed by atoms with E-state index in [0.29, 0.717) is 17.5 Å². The summed E-state index contributed by atoms with van der Waals surface area (Å²) in [7, 11) is 0. The zero-order chi connectivity index (χ0) is 35.6. The first-order chi connectivity index (χ1) is 26.8. The topological polar surface area (TPSA) is 73.8 Å². The summed E-state index contributed by atoms with van der Waals surface area (Å²) in [5, 5.41) is 3.31. The lowest BCUT2D eigenvalue weighted by molar-refractivity contribution is 0.979. The van der Waals surface area contributed by atoms with Crippen molar-refractivity contribution in [3.63, 3.8) is 0 Å². The molecule has 7 nitrogen and oxygen atoms in total. The standard InChI is InChI=1S/C47H29N7/c1-3-14-30(15-4-1)43-50-44(31-16-5-2-6-17-31)52-45(51-43)34-19-13-18-32(28-34)33-26-27-41-37(29-33)35-20-8-11-24-40(35)53(41)47-49-38-22-9-7-21-36(38)46-48-39-23-10-12-25-42(39)54(46)47/h1-29H. The van der Waals surface area contributed by atoms with Crippen LogP contribution in [0.2, 0.25) is 0 Å². The summed E-state index contributed by atoms with van der Waals surface area (Å²) in [6.45, 7) is 0. The van der Waals surface area contributed by atoms with Gasteiger partial charge in [-0.2, -0.15) is 0 Å². The molecule has 252 valence electrons. The van der Waals surface area contributed by atoms with Crippen LogP contribution in [0.3, 0.4) is 0 Å². The van der Waals surface area contributed by atoms with E-state index in [1.54, 1.807) is 0 Å². The van der Waals surface area contributed by atoms with Crippen LogP contribution in [-0.4, -0.2) is 33.9 Å². The van der Waals surface area contributed by atoms with Gasteiger partial charge in [0.15, 0.2) is 17.5 Å². The monoisotopic (exact) mass is 691 g/mol. The minimum atomic E-state index is 0.626. The van der Waals surface area contributed by atoms with Crippen LogP contribution in [0.1, 0.15) is 0 Å². The predicted octanol–water partition coefficient (Wildman–Crippen LogP) is 11.0. The number of aromatic nitrogens is 7. The molecule has 0 radical (unpaired) electrons. The summed E-state index contributed by atoms with van der Waals surface area (Å²) < 4.78 is 4.47. The van der Waals surface area contributed by atoms with E-state index in [0.717, 1.165) is 83.2 Å². The van der Waals surface area contributed by atoms with Gasteiger partial charge >= 0.3 is 0 Å². The Morgan fingerprint density at radius 2 is 0.852 bits per heavy atom. The van der Waals surface area contributed by atoms with Crippen molar-refractivity contribution in [1.29, 1.82) is 0 Å². The summed E-state index contributed by atoms with van der Waals surface area (Å²) in [5.41, 5.74) is 10.9. The molecule has 0 amide bonds. The van der Waals surface area contributed by atoms with Crippen molar-refractivity contribution in [2.75, 3.05) is 0 Å². The predicted molar refractivity (Wildman–Crippen MR) is 217 cm³/mol. The fraction of sp³-hybridized carbons (Fsp3) is 0. The quantitative estimate of drug-likeness (QED) is 0.180. The van der Waals surface area contributed by atoms with Crippen LogP contribution in [0.15, 0.2) is 176 Å². The number of hydrogen-bond acceptors (Lipinski definition) is 5. The second-order valence-corrected chi connectivity index (χ2v) is 13.4. The fourth-order valence-electron chi connectivity index (χ4n) is 7.62. The molecule has 0 atom stereocenters. The SMILES string of the molecule is c1ccc(-c2nc(-c3ccccc3)nc(-c3cccc(-c4ccc5c(c4)c4ccccc4n5-c4nc5ccccc5c5nc6ccccc6n45)c3)n2)cc1. The van der Waals surface area contributed by atoms with E-state index in [9.17, 15) is 0 Å². The third kappa shape index (κ3) is 4.79. The third-order valence-electron chi connectivity index (χ3n) is 10.2. The molecule has 7 aromatic carbocycles. The molecular weight excluding hydrogens is 663 g/mol. The highest BCUT2D eigenvalue weighted by Gasteiger charge is 2.20. The summed E-state index contributed by atoms with van der Waals surface area (Å²) in [4.78, 5) is 25.3. The molecule has 0 saturated heterocycles. The highest BCUT2D eigenvalue weighted by atomic mass is 15.2. The Kier molecular flexibility index (Phi) is 6.72. The van der Waals surface area contributed by atoms with E-state index < -0.39 is 0 Å². The van der Waals surface area contributed by atoms with Crippen molar-refractivity contribution < 1.29 is 0 Å². The first-order valence-electron chi connectivity index (χ1n) is 17.9. The van der Waals surface area contributed by atoms with Gasteiger partial charge in [0.25, 0.3) is 0 Å². The highest BCUT2D eigenvalue weighted by Crippen LogP contribution is 2.37. The lowest BCUT2D eigenvalue weighted by Gasteiger charge is -2.12. The van der Waals surface area contributed by atoms with Crippen LogP contribution < -0.4 is 0 Å². The lowest BCUT2D eigenvalue weighted by Crippen LogP contribution is -2.06. The maximum atomic E-state index is 5.32. The van der Waals surface area contributed by atoms with Crippen LogP contribution in [0.25, 0.3) is 101 Å². The van der Waals surface area contributed by atoms with Crippen molar-refractivity contribution >= 4 is 49.4 Å². The second-order valence-electron chi connectivity index (χ2n) is 13.4. The van der Waals surface area contributed by atoms with Gasteiger partial charge in [0, 0.05) is 32.8 Å². The molecule has 0 aliphatic heterocycles. The van der Waals surface area contributed by atoms with Gasteiger partial charge in [0.1, 0.15) is 5.65 Å². The first-order valence-corrected chi connectivity index (χ1v) is 17.9. The average molecular weight is 692 g/mol. The molecule has 11 aromatic rings. The largest absolute Gasteiger partial charge is 0.279 e. The normalized spacial score (nSPS) is 11.7. The molecule has 4 heterocycles. The van der Waals surface area contributed by atoms with Crippen molar-refractivity contribution in [2.45, 2.75) is 0 Å². The Balaban J connectivity index is 1.09. The Hall–Kier alpha value is -7.51. The van der Waals surface area contributed by atoms with E-state index in [1.165, 1.54) is 0 Å². The Bertz CT molecular complexity index is 3160. The molecule has 0 spiro atoms. The minimum Gasteiger partial charge on any atom is -0.279 e. The Labute approximate surface area is 309 Å². The molecule has 11 rings (SSSR count). The zero-order valence-electron chi connectivity index (χ0n) is 28.9. The average Bonchev–Trinajstić information content (AvgIpc) is 3.80. The van der Waals surface area contributed by atoms with Crippen LogP contribution in [0.5, 0.6) is 0 Å². The number of imidazole rings is 1. The molecule has 7 heteroatoms. The van der Waals surface area contributed by atoms with Gasteiger partial charge in [-0.3, -0.25) is 8.97 Å². The van der Waals surface area contributed by atoms with Crippen LogP contribution in [0.4, 0.5) is 0 Å². The van der Waals surface area contributed by atoms with Gasteiger partial charge in [-0.1, -0.05) is 127 Å². The van der Waals surface area contributed by atoms with Crippen LogP contribution in [-0.2, 0) is 0 Å². The molecule has 0 N–H and O–H groups in total. The summed E-state index contributed by atoms with van der Waals surface area (Å²) in [6.07, 6.45) is 0. The first kappa shape index (κ1) is 30.1. The molecule has 0 fully saturated rings. The van der Waals surface area contributed by atoms with E-state index >= 15 is 0 Å². The minimum absolute atomic E-state index is 0.626. The number of fused-ring (bicyclic) bond motifs is 8. The van der Waals surface area contributed by atoms with Crippen LogP contribution >= 0.6 is 0 Å². The van der Waals surface area contributed by atoms with Gasteiger partial charge in [-0.15, -0.1) is 0 Å². The number of benzene rings is 7. The molecule has 4 aromatic heterocycles. The number of rotatable bonds is 5. The third-order valence-corrected chi connectivity index (χ3v) is 10.2. The van der Waals surface area contributed by atoms with Gasteiger partial charge < -0.3 is 0 Å². The van der Waals surface area contributed by atoms with Crippen molar-refractivity contribution in [2.24, 2.45) is 0 Å². The zero-order valence-corrected chi connectivity index (χ0v) is 28.9. The summed E-state index contributed by atoms with van der Waals surface area (Å²) in [5.74, 6) is 2.71. The number of hydrogen-bond donors (Lipinski definition) is 0. The highest BCUT2D eigenvalue weighted by molar-refractivity contribution is 6.10. The van der Waals surface area contributed by atoms with Gasteiger partial charge in [0.2, 0.25) is 5.95 Å². The smallest absolute Gasteiger partial charge is 0.221 e. The van der Waals surface area contributed by atoms with E-state index in [2.05, 4.69) is 106 Å². The second kappa shape index (κ2) is 12.0. The summed E-state index contributed by atoms with van der Waals surface area (Å²) in [6, 6.07) is 60.4. The van der Waals surface area contributed by atoms with Gasteiger partial charge in [-0.05, 0) is 59.7 Å². The molecular formula is C47H29N7. The molecule has 0 aliphatic carbocycles. The van der Waals surface area contributed by atoms with E-state index in [-0.39, 0.29) is 0 Å². The maximum Gasteiger partial charge on any atom is 0.221 e.